The number of nitro benzene ring substituents is 1. The van der Waals surface area contributed by atoms with E-state index in [1.165, 1.54) is 12.1 Å². The van der Waals surface area contributed by atoms with E-state index in [4.69, 9.17) is 0 Å². The molecule has 0 aliphatic rings. The summed E-state index contributed by atoms with van der Waals surface area (Å²) in [6.45, 7) is 1.71. The van der Waals surface area contributed by atoms with Crippen molar-refractivity contribution in [2.24, 2.45) is 0 Å². The third kappa shape index (κ3) is 1.81. The Hall–Kier alpha value is -1.65. The lowest BCUT2D eigenvalue weighted by atomic mass is 10.1. The molecule has 0 aromatic heterocycles. The van der Waals surface area contributed by atoms with E-state index in [0.29, 0.717) is 11.3 Å². The lowest BCUT2D eigenvalue weighted by molar-refractivity contribution is -0.387. The Bertz CT molecular complexity index is 377. The van der Waals surface area contributed by atoms with Crippen LogP contribution in [-0.4, -0.2) is 19.0 Å². The molecule has 0 aliphatic heterocycles. The smallest absolute Gasteiger partial charge is 0.305 e. The molecule has 0 saturated carbocycles. The fourth-order valence-electron chi connectivity index (χ4n) is 1.28. The lowest BCUT2D eigenvalue weighted by Gasteiger charge is -2.15. The molecule has 0 saturated heterocycles. The van der Waals surface area contributed by atoms with E-state index in [9.17, 15) is 14.5 Å². The van der Waals surface area contributed by atoms with E-state index in [1.807, 2.05) is 0 Å². The van der Waals surface area contributed by atoms with Crippen molar-refractivity contribution in [2.75, 3.05) is 19.0 Å². The molecule has 0 spiro atoms. The molecule has 0 N–H and O–H groups in total. The molecular weight excluding hydrogens is 187 g/mol. The summed E-state index contributed by atoms with van der Waals surface area (Å²) in [5.41, 5.74) is 0.851. The zero-order valence-electron chi connectivity index (χ0n) is 8.24. The van der Waals surface area contributed by atoms with Gasteiger partial charge < -0.3 is 4.90 Å². The van der Waals surface area contributed by atoms with Gasteiger partial charge in [-0.1, -0.05) is 0 Å². The zero-order chi connectivity index (χ0) is 10.9. The third-order valence-electron chi connectivity index (χ3n) is 1.94. The van der Waals surface area contributed by atoms with Crippen LogP contribution in [0.4, 0.5) is 15.8 Å². The molecule has 0 fully saturated rings. The molecule has 0 bridgehead atoms. The highest BCUT2D eigenvalue weighted by molar-refractivity contribution is 5.57. The van der Waals surface area contributed by atoms with Crippen LogP contribution < -0.4 is 4.90 Å². The molecule has 0 aliphatic carbocycles. The van der Waals surface area contributed by atoms with E-state index >= 15 is 0 Å². The molecular formula is C9H11FN2O2. The molecule has 1 aromatic carbocycles. The van der Waals surface area contributed by atoms with Crippen molar-refractivity contribution in [3.63, 3.8) is 0 Å². The largest absolute Gasteiger partial charge is 0.377 e. The maximum Gasteiger partial charge on any atom is 0.305 e. The van der Waals surface area contributed by atoms with Gasteiger partial charge in [0.15, 0.2) is 0 Å². The maximum absolute atomic E-state index is 13.2. The molecule has 4 nitrogen and oxygen atoms in total. The number of halogens is 1. The molecule has 0 unspecified atom stereocenters. The number of benzene rings is 1. The summed E-state index contributed by atoms with van der Waals surface area (Å²) in [5, 5.41) is 10.4. The second kappa shape index (κ2) is 3.61. The fraction of sp³-hybridized carbons (Fsp3) is 0.333. The molecule has 1 aromatic rings. The van der Waals surface area contributed by atoms with E-state index in [1.54, 1.807) is 25.9 Å². The summed E-state index contributed by atoms with van der Waals surface area (Å²) in [7, 11) is 3.52. The SMILES string of the molecule is Cc1cc([N+](=O)[O-])c(F)cc1N(C)C. The first kappa shape index (κ1) is 10.4. The van der Waals surface area contributed by atoms with E-state index in [2.05, 4.69) is 0 Å². The Kier molecular flexibility index (Phi) is 2.69. The molecule has 1 rings (SSSR count). The van der Waals surface area contributed by atoms with Gasteiger partial charge in [-0.3, -0.25) is 10.1 Å². The zero-order valence-corrected chi connectivity index (χ0v) is 8.24. The number of nitro groups is 1. The standard InChI is InChI=1S/C9H11FN2O2/c1-6-4-9(12(13)14)7(10)5-8(6)11(2)3/h4-5H,1-3H3. The van der Waals surface area contributed by atoms with Gasteiger partial charge in [0.2, 0.25) is 5.82 Å². The minimum absolute atomic E-state index is 0.479. The molecule has 0 radical (unpaired) electrons. The van der Waals surface area contributed by atoms with Crippen LogP contribution in [0, 0.1) is 22.9 Å². The van der Waals surface area contributed by atoms with Gasteiger partial charge in [-0.2, -0.15) is 4.39 Å². The first-order valence-electron chi connectivity index (χ1n) is 4.05. The van der Waals surface area contributed by atoms with Crippen molar-refractivity contribution in [3.8, 4) is 0 Å². The summed E-state index contributed by atoms with van der Waals surface area (Å²) in [6.07, 6.45) is 0. The predicted molar refractivity (Wildman–Crippen MR) is 52.1 cm³/mol. The Balaban J connectivity index is 3.31. The summed E-state index contributed by atoms with van der Waals surface area (Å²) in [6, 6.07) is 2.41. The average Bonchev–Trinajstić information content (AvgIpc) is 2.07. The minimum atomic E-state index is -0.802. The van der Waals surface area contributed by atoms with Crippen LogP contribution in [0.25, 0.3) is 0 Å². The topological polar surface area (TPSA) is 46.4 Å². The Morgan fingerprint density at radius 1 is 1.43 bits per heavy atom. The number of nitrogens with zero attached hydrogens (tertiary/aromatic N) is 2. The number of rotatable bonds is 2. The quantitative estimate of drug-likeness (QED) is 0.540. The van der Waals surface area contributed by atoms with Crippen molar-refractivity contribution >= 4 is 11.4 Å². The van der Waals surface area contributed by atoms with Gasteiger partial charge in [0, 0.05) is 31.9 Å². The van der Waals surface area contributed by atoms with Crippen molar-refractivity contribution in [3.05, 3.63) is 33.6 Å². The van der Waals surface area contributed by atoms with Gasteiger partial charge in [0.05, 0.1) is 4.92 Å². The maximum atomic E-state index is 13.2. The van der Waals surface area contributed by atoms with Crippen molar-refractivity contribution < 1.29 is 9.31 Å². The summed E-state index contributed by atoms with van der Waals surface area (Å²) >= 11 is 0. The Labute approximate surface area is 81.1 Å². The first-order chi connectivity index (χ1) is 6.43. The van der Waals surface area contributed by atoms with Crippen molar-refractivity contribution in [1.29, 1.82) is 0 Å². The van der Waals surface area contributed by atoms with E-state index in [-0.39, 0.29) is 0 Å². The molecule has 14 heavy (non-hydrogen) atoms. The number of aryl methyl sites for hydroxylation is 1. The minimum Gasteiger partial charge on any atom is -0.377 e. The number of anilines is 1. The summed E-state index contributed by atoms with van der Waals surface area (Å²) in [5.74, 6) is -0.802. The highest BCUT2D eigenvalue weighted by Crippen LogP contribution is 2.26. The van der Waals surface area contributed by atoms with E-state index in [0.717, 1.165) is 0 Å². The van der Waals surface area contributed by atoms with E-state index < -0.39 is 16.4 Å². The summed E-state index contributed by atoms with van der Waals surface area (Å²) in [4.78, 5) is 11.4. The first-order valence-corrected chi connectivity index (χ1v) is 4.05. The Morgan fingerprint density at radius 2 is 2.00 bits per heavy atom. The van der Waals surface area contributed by atoms with Gasteiger partial charge in [-0.15, -0.1) is 0 Å². The highest BCUT2D eigenvalue weighted by atomic mass is 19.1. The summed E-state index contributed by atoms with van der Waals surface area (Å²) < 4.78 is 13.2. The van der Waals surface area contributed by atoms with Crippen LogP contribution in [0.15, 0.2) is 12.1 Å². The second-order valence-corrected chi connectivity index (χ2v) is 3.24. The predicted octanol–water partition coefficient (Wildman–Crippen LogP) is 2.11. The number of hydrogen-bond acceptors (Lipinski definition) is 3. The molecule has 76 valence electrons. The van der Waals surface area contributed by atoms with Gasteiger partial charge >= 0.3 is 5.69 Å². The van der Waals surface area contributed by atoms with Gasteiger partial charge in [-0.25, -0.2) is 0 Å². The Morgan fingerprint density at radius 3 is 2.43 bits per heavy atom. The normalized spacial score (nSPS) is 10.0. The van der Waals surface area contributed by atoms with Gasteiger partial charge in [0.25, 0.3) is 0 Å². The molecule has 0 amide bonds. The third-order valence-corrected chi connectivity index (χ3v) is 1.94. The fourth-order valence-corrected chi connectivity index (χ4v) is 1.28. The molecule has 0 atom stereocenters. The van der Waals surface area contributed by atoms with Gasteiger partial charge in [0.1, 0.15) is 0 Å². The van der Waals surface area contributed by atoms with Crippen LogP contribution in [0.5, 0.6) is 0 Å². The van der Waals surface area contributed by atoms with Crippen LogP contribution >= 0.6 is 0 Å². The van der Waals surface area contributed by atoms with Crippen molar-refractivity contribution in [2.45, 2.75) is 6.92 Å². The number of hydrogen-bond donors (Lipinski definition) is 0. The van der Waals surface area contributed by atoms with Crippen LogP contribution in [0.2, 0.25) is 0 Å². The molecule has 0 heterocycles. The highest BCUT2D eigenvalue weighted by Gasteiger charge is 2.16. The average molecular weight is 198 g/mol. The van der Waals surface area contributed by atoms with Crippen LogP contribution in [0.1, 0.15) is 5.56 Å². The van der Waals surface area contributed by atoms with Crippen LogP contribution in [0.3, 0.4) is 0 Å². The molecule has 5 heteroatoms. The van der Waals surface area contributed by atoms with Crippen LogP contribution in [-0.2, 0) is 0 Å². The van der Waals surface area contributed by atoms with Crippen molar-refractivity contribution in [1.82, 2.24) is 0 Å². The second-order valence-electron chi connectivity index (χ2n) is 3.24. The van der Waals surface area contributed by atoms with Gasteiger partial charge in [-0.05, 0) is 12.5 Å². The lowest BCUT2D eigenvalue weighted by Crippen LogP contribution is -2.11. The monoisotopic (exact) mass is 198 g/mol.